The molecule has 3 rings (SSSR count). The Balaban J connectivity index is 1.83. The predicted octanol–water partition coefficient (Wildman–Crippen LogP) is 2.93. The maximum atomic E-state index is 13.9. The molecule has 0 unspecified atom stereocenters. The number of carbonyl (C=O) groups is 1. The lowest BCUT2D eigenvalue weighted by Gasteiger charge is -2.23. The number of rotatable bonds is 4. The van der Waals surface area contributed by atoms with Gasteiger partial charge in [-0.2, -0.15) is 4.31 Å². The smallest absolute Gasteiger partial charge is 0.246 e. The Labute approximate surface area is 146 Å². The van der Waals surface area contributed by atoms with Crippen LogP contribution in [-0.2, 0) is 14.8 Å². The van der Waals surface area contributed by atoms with E-state index in [0.29, 0.717) is 18.5 Å². The molecule has 2 aromatic carbocycles. The van der Waals surface area contributed by atoms with E-state index in [4.69, 9.17) is 0 Å². The third kappa shape index (κ3) is 3.57. The van der Waals surface area contributed by atoms with E-state index in [1.54, 1.807) is 12.1 Å². The molecule has 5 nitrogen and oxygen atoms in total. The number of nitrogens with one attached hydrogen (secondary N) is 1. The standard InChI is InChI=1S/C18H19FN2O3S/c1-13-8-10-14(11-9-13)20-18(22)16-6-4-12-21(16)25(23,24)17-7-3-2-5-15(17)19/h2-3,5,7-11,16H,4,6,12H2,1H3,(H,20,22)/t16-/m1/s1. The SMILES string of the molecule is Cc1ccc(NC(=O)[C@H]2CCCN2S(=O)(=O)c2ccccc2F)cc1. The number of anilines is 1. The van der Waals surface area contributed by atoms with E-state index in [2.05, 4.69) is 5.32 Å². The van der Waals surface area contributed by atoms with Gasteiger partial charge in [0.15, 0.2) is 0 Å². The predicted molar refractivity (Wildman–Crippen MR) is 93.1 cm³/mol. The lowest BCUT2D eigenvalue weighted by molar-refractivity contribution is -0.119. The summed E-state index contributed by atoms with van der Waals surface area (Å²) in [7, 11) is -4.07. The molecule has 1 saturated heterocycles. The molecule has 1 N–H and O–H groups in total. The van der Waals surface area contributed by atoms with Crippen LogP contribution in [0.3, 0.4) is 0 Å². The highest BCUT2D eigenvalue weighted by Gasteiger charge is 2.40. The van der Waals surface area contributed by atoms with Gasteiger partial charge in [0, 0.05) is 12.2 Å². The first-order chi connectivity index (χ1) is 11.9. The number of hydrogen-bond acceptors (Lipinski definition) is 3. The quantitative estimate of drug-likeness (QED) is 0.909. The van der Waals surface area contributed by atoms with Crippen LogP contribution in [0, 0.1) is 12.7 Å². The maximum absolute atomic E-state index is 13.9. The molecule has 0 aliphatic carbocycles. The third-order valence-corrected chi connectivity index (χ3v) is 6.19. The van der Waals surface area contributed by atoms with E-state index in [9.17, 15) is 17.6 Å². The Hall–Kier alpha value is -2.25. The Morgan fingerprint density at radius 2 is 1.84 bits per heavy atom. The molecule has 1 heterocycles. The minimum absolute atomic E-state index is 0.197. The van der Waals surface area contributed by atoms with Gasteiger partial charge in [-0.05, 0) is 44.0 Å². The summed E-state index contributed by atoms with van der Waals surface area (Å²) in [6.07, 6.45) is 0.963. The molecule has 0 spiro atoms. The zero-order valence-electron chi connectivity index (χ0n) is 13.8. The van der Waals surface area contributed by atoms with Gasteiger partial charge in [-0.15, -0.1) is 0 Å². The van der Waals surface area contributed by atoms with Crippen LogP contribution in [0.4, 0.5) is 10.1 Å². The summed E-state index contributed by atoms with van der Waals surface area (Å²) in [6, 6.07) is 11.6. The Morgan fingerprint density at radius 1 is 1.16 bits per heavy atom. The zero-order chi connectivity index (χ0) is 18.0. The average molecular weight is 362 g/mol. The van der Waals surface area contributed by atoms with Crippen LogP contribution in [0.2, 0.25) is 0 Å². The summed E-state index contributed by atoms with van der Waals surface area (Å²) in [5, 5.41) is 2.74. The van der Waals surface area contributed by atoms with Crippen molar-refractivity contribution < 1.29 is 17.6 Å². The second kappa shape index (κ2) is 6.93. The van der Waals surface area contributed by atoms with Crippen LogP contribution >= 0.6 is 0 Å². The summed E-state index contributed by atoms with van der Waals surface area (Å²) >= 11 is 0. The molecule has 0 radical (unpaired) electrons. The second-order valence-electron chi connectivity index (χ2n) is 6.06. The minimum Gasteiger partial charge on any atom is -0.325 e. The van der Waals surface area contributed by atoms with Crippen molar-refractivity contribution in [3.05, 3.63) is 59.9 Å². The number of benzene rings is 2. The molecule has 1 amide bonds. The maximum Gasteiger partial charge on any atom is 0.246 e. The molecule has 1 atom stereocenters. The molecule has 25 heavy (non-hydrogen) atoms. The largest absolute Gasteiger partial charge is 0.325 e. The number of carbonyl (C=O) groups excluding carboxylic acids is 1. The normalized spacial score (nSPS) is 18.2. The van der Waals surface area contributed by atoms with E-state index in [1.165, 1.54) is 18.2 Å². The fraction of sp³-hybridized carbons (Fsp3) is 0.278. The van der Waals surface area contributed by atoms with Crippen molar-refractivity contribution in [3.63, 3.8) is 0 Å². The molecule has 1 aliphatic rings. The number of halogens is 1. The van der Waals surface area contributed by atoms with Crippen LogP contribution in [-0.4, -0.2) is 31.2 Å². The second-order valence-corrected chi connectivity index (χ2v) is 7.92. The zero-order valence-corrected chi connectivity index (χ0v) is 14.6. The molecule has 0 bridgehead atoms. The molecule has 7 heteroatoms. The lowest BCUT2D eigenvalue weighted by Crippen LogP contribution is -2.43. The van der Waals surface area contributed by atoms with Crippen molar-refractivity contribution >= 4 is 21.6 Å². The first-order valence-electron chi connectivity index (χ1n) is 8.03. The number of aryl methyl sites for hydroxylation is 1. The molecule has 0 aromatic heterocycles. The van der Waals surface area contributed by atoms with Gasteiger partial charge in [-0.25, -0.2) is 12.8 Å². The Kier molecular flexibility index (Phi) is 4.87. The van der Waals surface area contributed by atoms with Crippen molar-refractivity contribution in [2.45, 2.75) is 30.7 Å². The molecule has 0 saturated carbocycles. The van der Waals surface area contributed by atoms with E-state index < -0.39 is 32.7 Å². The first kappa shape index (κ1) is 17.6. The number of hydrogen-bond donors (Lipinski definition) is 1. The number of amides is 1. The minimum atomic E-state index is -4.07. The highest BCUT2D eigenvalue weighted by Crippen LogP contribution is 2.28. The first-order valence-corrected chi connectivity index (χ1v) is 9.47. The van der Waals surface area contributed by atoms with Crippen LogP contribution < -0.4 is 5.32 Å². The average Bonchev–Trinajstić information content (AvgIpc) is 3.08. The Morgan fingerprint density at radius 3 is 2.52 bits per heavy atom. The molecular weight excluding hydrogens is 343 g/mol. The summed E-state index contributed by atoms with van der Waals surface area (Å²) < 4.78 is 40.6. The molecule has 132 valence electrons. The van der Waals surface area contributed by atoms with Gasteiger partial charge < -0.3 is 5.32 Å². The van der Waals surface area contributed by atoms with Crippen molar-refractivity contribution in [1.29, 1.82) is 0 Å². The van der Waals surface area contributed by atoms with Gasteiger partial charge in [0.2, 0.25) is 15.9 Å². The molecular formula is C18H19FN2O3S. The van der Waals surface area contributed by atoms with Crippen LogP contribution in [0.15, 0.2) is 53.4 Å². The molecule has 2 aromatic rings. The van der Waals surface area contributed by atoms with Gasteiger partial charge in [0.25, 0.3) is 0 Å². The third-order valence-electron chi connectivity index (χ3n) is 4.25. The van der Waals surface area contributed by atoms with Crippen molar-refractivity contribution in [3.8, 4) is 0 Å². The van der Waals surface area contributed by atoms with E-state index in [1.807, 2.05) is 19.1 Å². The van der Waals surface area contributed by atoms with E-state index in [-0.39, 0.29) is 6.54 Å². The van der Waals surface area contributed by atoms with Gasteiger partial charge in [0.1, 0.15) is 16.8 Å². The number of nitrogens with zero attached hydrogens (tertiary/aromatic N) is 1. The van der Waals surface area contributed by atoms with Gasteiger partial charge >= 0.3 is 0 Å². The summed E-state index contributed by atoms with van der Waals surface area (Å²) in [6.45, 7) is 2.13. The van der Waals surface area contributed by atoms with Crippen molar-refractivity contribution in [1.82, 2.24) is 4.31 Å². The van der Waals surface area contributed by atoms with Crippen LogP contribution in [0.5, 0.6) is 0 Å². The number of sulfonamides is 1. The Bertz CT molecular complexity index is 881. The van der Waals surface area contributed by atoms with Crippen LogP contribution in [0.1, 0.15) is 18.4 Å². The van der Waals surface area contributed by atoms with Crippen molar-refractivity contribution in [2.75, 3.05) is 11.9 Å². The van der Waals surface area contributed by atoms with E-state index >= 15 is 0 Å². The fourth-order valence-electron chi connectivity index (χ4n) is 2.93. The van der Waals surface area contributed by atoms with E-state index in [0.717, 1.165) is 15.9 Å². The fourth-order valence-corrected chi connectivity index (χ4v) is 4.66. The van der Waals surface area contributed by atoms with Gasteiger partial charge in [-0.3, -0.25) is 4.79 Å². The summed E-state index contributed by atoms with van der Waals surface area (Å²) in [4.78, 5) is 12.2. The summed E-state index contributed by atoms with van der Waals surface area (Å²) in [5.74, 6) is -1.21. The highest BCUT2D eigenvalue weighted by atomic mass is 32.2. The van der Waals surface area contributed by atoms with Gasteiger partial charge in [-0.1, -0.05) is 29.8 Å². The lowest BCUT2D eigenvalue weighted by atomic mass is 10.2. The highest BCUT2D eigenvalue weighted by molar-refractivity contribution is 7.89. The van der Waals surface area contributed by atoms with Gasteiger partial charge in [0.05, 0.1) is 0 Å². The topological polar surface area (TPSA) is 66.5 Å². The van der Waals surface area contributed by atoms with Crippen molar-refractivity contribution in [2.24, 2.45) is 0 Å². The monoisotopic (exact) mass is 362 g/mol. The van der Waals surface area contributed by atoms with Crippen LogP contribution in [0.25, 0.3) is 0 Å². The molecule has 1 aliphatic heterocycles. The summed E-state index contributed by atoms with van der Waals surface area (Å²) in [5.41, 5.74) is 1.66. The molecule has 1 fully saturated rings.